The van der Waals surface area contributed by atoms with Crippen LogP contribution in [0.5, 0.6) is 11.6 Å². The number of nitrogen functional groups attached to an aromatic ring is 1. The van der Waals surface area contributed by atoms with Gasteiger partial charge in [0.1, 0.15) is 28.8 Å². The van der Waals surface area contributed by atoms with Crippen molar-refractivity contribution in [3.05, 3.63) is 101 Å². The third-order valence-electron chi connectivity index (χ3n) is 8.11. The number of furan rings is 1. The second kappa shape index (κ2) is 11.8. The Labute approximate surface area is 258 Å². The van der Waals surface area contributed by atoms with E-state index in [0.29, 0.717) is 39.9 Å². The van der Waals surface area contributed by atoms with Crippen LogP contribution in [0.2, 0.25) is 0 Å². The molecule has 4 heterocycles. The number of nitrogens with zero attached hydrogens (tertiary/aromatic N) is 5. The number of nitrogens with two attached hydrogens (primary N) is 1. The van der Waals surface area contributed by atoms with Crippen molar-refractivity contribution in [2.75, 3.05) is 11.1 Å². The molecule has 0 bridgehead atoms. The molecule has 1 aliphatic rings. The quantitative estimate of drug-likeness (QED) is 0.195. The van der Waals surface area contributed by atoms with Crippen LogP contribution in [0.4, 0.5) is 11.4 Å². The number of ether oxygens (including phenoxy) is 1. The van der Waals surface area contributed by atoms with Gasteiger partial charge in [0.05, 0.1) is 11.8 Å². The molecule has 7 rings (SSSR count). The Morgan fingerprint density at radius 2 is 1.84 bits per heavy atom. The number of fused-ring (bicyclic) bond motifs is 1. The van der Waals surface area contributed by atoms with Gasteiger partial charge in [0.15, 0.2) is 0 Å². The number of carbonyl (C=O) groups is 1. The average Bonchev–Trinajstić information content (AvgIpc) is 3.66. The van der Waals surface area contributed by atoms with Gasteiger partial charge in [-0.05, 0) is 66.9 Å². The monoisotopic (exact) mass is 601 g/mol. The second-order valence-electron chi connectivity index (χ2n) is 11.2. The molecule has 3 N–H and O–H groups in total. The number of pyridine rings is 1. The Bertz CT molecular complexity index is 2070. The lowest BCUT2D eigenvalue weighted by molar-refractivity contribution is 0.102. The predicted octanol–water partition coefficient (Wildman–Crippen LogP) is 6.58. The van der Waals surface area contributed by atoms with Crippen molar-refractivity contribution >= 4 is 28.4 Å². The Morgan fingerprint density at radius 3 is 2.60 bits per heavy atom. The van der Waals surface area contributed by atoms with Gasteiger partial charge < -0.3 is 24.8 Å². The highest BCUT2D eigenvalue weighted by atomic mass is 16.5. The van der Waals surface area contributed by atoms with Crippen molar-refractivity contribution in [3.8, 4) is 34.1 Å². The number of aryl methyl sites for hydroxylation is 1. The molecular formula is C34H31N7O4. The van der Waals surface area contributed by atoms with E-state index in [4.69, 9.17) is 14.9 Å². The lowest BCUT2D eigenvalue weighted by atomic mass is 9.95. The van der Waals surface area contributed by atoms with Crippen LogP contribution in [-0.2, 0) is 7.05 Å². The number of nitrogens with one attached hydrogen (secondary N) is 1. The van der Waals surface area contributed by atoms with E-state index in [1.54, 1.807) is 58.0 Å². The molecule has 1 saturated carbocycles. The number of benzene rings is 2. The highest BCUT2D eigenvalue weighted by Crippen LogP contribution is 2.44. The van der Waals surface area contributed by atoms with Crippen LogP contribution in [0.25, 0.3) is 33.6 Å². The summed E-state index contributed by atoms with van der Waals surface area (Å²) in [5, 5.41) is 7.72. The number of rotatable bonds is 7. The summed E-state index contributed by atoms with van der Waals surface area (Å²) in [4.78, 5) is 35.1. The molecule has 1 aliphatic carbocycles. The maximum atomic E-state index is 13.2. The standard InChI is InChI=1S/C34H31N7O4/c1-40-19-22(18-38-40)30-28(21-7-5-8-23(35)17-21)29-32(36-20-37-33(29)45-30)44-26-14-12-24(13-15-26)39-31(42)27-11-6-16-41(34(27)43)25-9-3-2-4-10-25/h5-8,11-20,25H,2-4,9-10,35H2,1H3,(H,39,42). The lowest BCUT2D eigenvalue weighted by Gasteiger charge is -2.24. The summed E-state index contributed by atoms with van der Waals surface area (Å²) < 4.78 is 15.9. The maximum Gasteiger partial charge on any atom is 0.263 e. The number of carbonyl (C=O) groups excluding carboxylic acids is 1. The van der Waals surface area contributed by atoms with Crippen molar-refractivity contribution in [2.24, 2.45) is 7.05 Å². The van der Waals surface area contributed by atoms with Gasteiger partial charge in [0, 0.05) is 42.4 Å². The number of anilines is 2. The second-order valence-corrected chi connectivity index (χ2v) is 11.2. The Balaban J connectivity index is 1.17. The number of aromatic nitrogens is 5. The van der Waals surface area contributed by atoms with E-state index in [1.165, 1.54) is 12.7 Å². The van der Waals surface area contributed by atoms with Crippen LogP contribution in [-0.4, -0.2) is 30.2 Å². The lowest BCUT2D eigenvalue weighted by Crippen LogP contribution is -2.31. The molecule has 0 unspecified atom stereocenters. The molecule has 226 valence electrons. The van der Waals surface area contributed by atoms with Crippen LogP contribution in [0.1, 0.15) is 48.5 Å². The molecule has 0 aliphatic heterocycles. The third kappa shape index (κ3) is 5.55. The van der Waals surface area contributed by atoms with Crippen LogP contribution < -0.4 is 21.3 Å². The van der Waals surface area contributed by atoms with Crippen LogP contribution in [0.3, 0.4) is 0 Å². The molecule has 1 amide bonds. The van der Waals surface area contributed by atoms with Gasteiger partial charge in [0.25, 0.3) is 11.5 Å². The van der Waals surface area contributed by atoms with E-state index < -0.39 is 5.91 Å². The molecule has 45 heavy (non-hydrogen) atoms. The summed E-state index contributed by atoms with van der Waals surface area (Å²) in [5.74, 6) is 0.885. The SMILES string of the molecule is Cn1cc(-c2oc3ncnc(Oc4ccc(NC(=O)c5cccn(C6CCCCC6)c5=O)cc4)c3c2-c2cccc(N)c2)cn1. The Kier molecular flexibility index (Phi) is 7.34. The highest BCUT2D eigenvalue weighted by Gasteiger charge is 2.24. The smallest absolute Gasteiger partial charge is 0.263 e. The van der Waals surface area contributed by atoms with Crippen LogP contribution >= 0.6 is 0 Å². The van der Waals surface area contributed by atoms with Crippen molar-refractivity contribution in [3.63, 3.8) is 0 Å². The molecule has 2 aromatic carbocycles. The number of amides is 1. The summed E-state index contributed by atoms with van der Waals surface area (Å²) in [5.41, 5.74) is 9.77. The zero-order valence-electron chi connectivity index (χ0n) is 24.6. The first-order chi connectivity index (χ1) is 21.9. The normalized spacial score (nSPS) is 13.6. The zero-order valence-corrected chi connectivity index (χ0v) is 24.6. The van der Waals surface area contributed by atoms with Gasteiger partial charge in [-0.2, -0.15) is 5.10 Å². The molecule has 0 spiro atoms. The van der Waals surface area contributed by atoms with E-state index in [1.807, 2.05) is 37.5 Å². The maximum absolute atomic E-state index is 13.2. The molecular weight excluding hydrogens is 570 g/mol. The molecule has 6 aromatic rings. The van der Waals surface area contributed by atoms with E-state index in [-0.39, 0.29) is 17.2 Å². The molecule has 4 aromatic heterocycles. The van der Waals surface area contributed by atoms with E-state index in [0.717, 1.165) is 42.4 Å². The first kappa shape index (κ1) is 28.1. The summed E-state index contributed by atoms with van der Waals surface area (Å²) >= 11 is 0. The fraction of sp³-hybridized carbons (Fsp3) is 0.206. The molecule has 11 heteroatoms. The molecule has 11 nitrogen and oxygen atoms in total. The first-order valence-electron chi connectivity index (χ1n) is 14.9. The minimum absolute atomic E-state index is 0.116. The zero-order chi connectivity index (χ0) is 30.9. The van der Waals surface area contributed by atoms with Crippen molar-refractivity contribution in [1.29, 1.82) is 0 Å². The molecule has 0 atom stereocenters. The van der Waals surface area contributed by atoms with Crippen LogP contribution in [0.15, 0.2) is 94.8 Å². The van der Waals surface area contributed by atoms with Gasteiger partial charge >= 0.3 is 0 Å². The summed E-state index contributed by atoms with van der Waals surface area (Å²) in [6.07, 6.45) is 12.0. The number of hydrogen-bond acceptors (Lipinski definition) is 8. The Morgan fingerprint density at radius 1 is 1.02 bits per heavy atom. The van der Waals surface area contributed by atoms with E-state index in [9.17, 15) is 9.59 Å². The third-order valence-corrected chi connectivity index (χ3v) is 8.11. The highest BCUT2D eigenvalue weighted by molar-refractivity contribution is 6.04. The van der Waals surface area contributed by atoms with Gasteiger partial charge in [0.2, 0.25) is 11.6 Å². The fourth-order valence-corrected chi connectivity index (χ4v) is 5.94. The van der Waals surface area contributed by atoms with Gasteiger partial charge in [-0.1, -0.05) is 31.4 Å². The summed E-state index contributed by atoms with van der Waals surface area (Å²) in [6, 6.07) is 17.8. The van der Waals surface area contributed by atoms with Gasteiger partial charge in [-0.15, -0.1) is 0 Å². The minimum atomic E-state index is -0.454. The summed E-state index contributed by atoms with van der Waals surface area (Å²) in [6.45, 7) is 0. The van der Waals surface area contributed by atoms with E-state index >= 15 is 0 Å². The van der Waals surface area contributed by atoms with Crippen LogP contribution in [0, 0.1) is 0 Å². The molecule has 1 fully saturated rings. The minimum Gasteiger partial charge on any atom is -0.438 e. The largest absolute Gasteiger partial charge is 0.438 e. The number of hydrogen-bond donors (Lipinski definition) is 2. The van der Waals surface area contributed by atoms with E-state index in [2.05, 4.69) is 20.4 Å². The predicted molar refractivity (Wildman–Crippen MR) is 171 cm³/mol. The summed E-state index contributed by atoms with van der Waals surface area (Å²) in [7, 11) is 1.83. The first-order valence-corrected chi connectivity index (χ1v) is 14.9. The fourth-order valence-electron chi connectivity index (χ4n) is 5.94. The Hall–Kier alpha value is -5.71. The van der Waals surface area contributed by atoms with Crippen molar-refractivity contribution in [1.82, 2.24) is 24.3 Å². The van der Waals surface area contributed by atoms with Gasteiger partial charge in [-0.3, -0.25) is 14.3 Å². The molecule has 0 saturated heterocycles. The van der Waals surface area contributed by atoms with Crippen molar-refractivity contribution < 1.29 is 13.9 Å². The van der Waals surface area contributed by atoms with Crippen molar-refractivity contribution in [2.45, 2.75) is 38.1 Å². The topological polar surface area (TPSA) is 143 Å². The molecule has 0 radical (unpaired) electrons. The van der Waals surface area contributed by atoms with Gasteiger partial charge in [-0.25, -0.2) is 9.97 Å². The average molecular weight is 602 g/mol.